The Balaban J connectivity index is 2.34. The molecule has 0 unspecified atom stereocenters. The lowest BCUT2D eigenvalue weighted by molar-refractivity contribution is 0.531. The maximum atomic E-state index is 8.64. The Bertz CT molecular complexity index is 566. The van der Waals surface area contributed by atoms with Crippen molar-refractivity contribution >= 4 is 0 Å². The van der Waals surface area contributed by atoms with Crippen molar-refractivity contribution in [3.8, 4) is 12.1 Å². The van der Waals surface area contributed by atoms with Gasteiger partial charge < -0.3 is 0 Å². The number of allylic oxidation sites excluding steroid dienone is 2. The van der Waals surface area contributed by atoms with E-state index in [1.165, 1.54) is 180 Å². The Labute approximate surface area is 239 Å². The molecule has 1 aliphatic rings. The average Bonchev–Trinajstić information content (AvgIpc) is 2.92. The molecule has 2 heteroatoms. The van der Waals surface area contributed by atoms with Gasteiger partial charge in [0.25, 0.3) is 0 Å². The van der Waals surface area contributed by atoms with Gasteiger partial charge in [-0.1, -0.05) is 140 Å². The molecular formula is C36H64N2. The van der Waals surface area contributed by atoms with Crippen LogP contribution in [0, 0.1) is 22.7 Å². The Morgan fingerprint density at radius 3 is 0.921 bits per heavy atom. The van der Waals surface area contributed by atoms with Gasteiger partial charge >= 0.3 is 0 Å². The summed E-state index contributed by atoms with van der Waals surface area (Å²) in [5.74, 6) is 0. The van der Waals surface area contributed by atoms with Gasteiger partial charge in [-0.2, -0.15) is 10.5 Å². The molecule has 0 spiro atoms. The second-order valence-electron chi connectivity index (χ2n) is 12.2. The monoisotopic (exact) mass is 525 g/mol. The van der Waals surface area contributed by atoms with Crippen molar-refractivity contribution < 1.29 is 0 Å². The van der Waals surface area contributed by atoms with E-state index < -0.39 is 0 Å². The first-order chi connectivity index (χ1) is 18.9. The van der Waals surface area contributed by atoms with Crippen LogP contribution >= 0.6 is 0 Å². The first-order valence-electron chi connectivity index (χ1n) is 17.3. The fourth-order valence-electron chi connectivity index (χ4n) is 6.25. The maximum absolute atomic E-state index is 8.64. The number of nitriles is 2. The SMILES string of the molecule is N#CCCCCCCCCCCC/C1=C(\CCCCCCCCCCCC#N)CCCCCCCCCC1. The van der Waals surface area contributed by atoms with E-state index >= 15 is 0 Å². The van der Waals surface area contributed by atoms with Gasteiger partial charge in [0.05, 0.1) is 12.1 Å². The van der Waals surface area contributed by atoms with Crippen molar-refractivity contribution in [1.82, 2.24) is 0 Å². The molecule has 0 aliphatic heterocycles. The molecule has 0 N–H and O–H groups in total. The lowest BCUT2D eigenvalue weighted by atomic mass is 9.89. The van der Waals surface area contributed by atoms with Crippen LogP contribution in [0.15, 0.2) is 11.1 Å². The van der Waals surface area contributed by atoms with Crippen LogP contribution in [0.2, 0.25) is 0 Å². The van der Waals surface area contributed by atoms with Crippen molar-refractivity contribution in [3.63, 3.8) is 0 Å². The molecule has 0 atom stereocenters. The van der Waals surface area contributed by atoms with E-state index in [4.69, 9.17) is 10.5 Å². The van der Waals surface area contributed by atoms with Crippen molar-refractivity contribution in [1.29, 1.82) is 10.5 Å². The molecule has 38 heavy (non-hydrogen) atoms. The molecule has 0 heterocycles. The number of unbranched alkanes of at least 4 members (excludes halogenated alkanes) is 18. The Morgan fingerprint density at radius 2 is 0.605 bits per heavy atom. The predicted octanol–water partition coefficient (Wildman–Crippen LogP) is 12.8. The first-order valence-corrected chi connectivity index (χ1v) is 17.3. The summed E-state index contributed by atoms with van der Waals surface area (Å²) < 4.78 is 0. The third kappa shape index (κ3) is 22.7. The molecule has 218 valence electrons. The molecule has 0 bridgehead atoms. The molecule has 0 radical (unpaired) electrons. The van der Waals surface area contributed by atoms with E-state index in [1.54, 1.807) is 0 Å². The van der Waals surface area contributed by atoms with Gasteiger partial charge in [-0.3, -0.25) is 0 Å². The largest absolute Gasteiger partial charge is 0.198 e. The van der Waals surface area contributed by atoms with Crippen LogP contribution in [0.25, 0.3) is 0 Å². The first kappa shape index (κ1) is 34.7. The minimum Gasteiger partial charge on any atom is -0.198 e. The summed E-state index contributed by atoms with van der Waals surface area (Å²) in [6, 6.07) is 4.52. The van der Waals surface area contributed by atoms with Crippen LogP contribution in [-0.4, -0.2) is 0 Å². The molecule has 0 aromatic rings. The van der Waals surface area contributed by atoms with Gasteiger partial charge in [-0.15, -0.1) is 0 Å². The zero-order valence-corrected chi connectivity index (χ0v) is 25.5. The highest BCUT2D eigenvalue weighted by atomic mass is 14.2. The molecule has 0 fully saturated rings. The fraction of sp³-hybridized carbons (Fsp3) is 0.889. The van der Waals surface area contributed by atoms with E-state index in [0.29, 0.717) is 0 Å². The third-order valence-electron chi connectivity index (χ3n) is 8.74. The summed E-state index contributed by atoms with van der Waals surface area (Å²) in [5.41, 5.74) is 3.78. The lowest BCUT2D eigenvalue weighted by Crippen LogP contribution is -1.98. The van der Waals surface area contributed by atoms with Crippen LogP contribution in [0.1, 0.15) is 205 Å². The number of nitrogens with zero attached hydrogens (tertiary/aromatic N) is 2. The summed E-state index contributed by atoms with van der Waals surface area (Å²) in [4.78, 5) is 0. The third-order valence-corrected chi connectivity index (χ3v) is 8.74. The highest BCUT2D eigenvalue weighted by molar-refractivity contribution is 5.15. The van der Waals surface area contributed by atoms with Crippen LogP contribution in [0.4, 0.5) is 0 Å². The predicted molar refractivity (Wildman–Crippen MR) is 166 cm³/mol. The van der Waals surface area contributed by atoms with Gasteiger partial charge in [0.1, 0.15) is 0 Å². The molecule has 1 rings (SSSR count). The smallest absolute Gasteiger partial charge is 0.0621 e. The van der Waals surface area contributed by atoms with E-state index in [0.717, 1.165) is 25.7 Å². The topological polar surface area (TPSA) is 47.6 Å². The summed E-state index contributed by atoms with van der Waals surface area (Å²) in [6.45, 7) is 0. The van der Waals surface area contributed by atoms with Crippen LogP contribution in [-0.2, 0) is 0 Å². The molecule has 0 saturated heterocycles. The Kier molecular flexibility index (Phi) is 26.3. The summed E-state index contributed by atoms with van der Waals surface area (Å²) in [6.07, 6.45) is 42.8. The molecule has 1 aliphatic carbocycles. The lowest BCUT2D eigenvalue weighted by Gasteiger charge is -2.18. The summed E-state index contributed by atoms with van der Waals surface area (Å²) >= 11 is 0. The Hall–Kier alpha value is -1.28. The van der Waals surface area contributed by atoms with E-state index in [2.05, 4.69) is 12.1 Å². The number of hydrogen-bond acceptors (Lipinski definition) is 2. The van der Waals surface area contributed by atoms with Crippen LogP contribution < -0.4 is 0 Å². The highest BCUT2D eigenvalue weighted by Gasteiger charge is 2.09. The minimum absolute atomic E-state index is 0.740. The average molecular weight is 525 g/mol. The van der Waals surface area contributed by atoms with Crippen molar-refractivity contribution in [3.05, 3.63) is 11.1 Å². The summed E-state index contributed by atoms with van der Waals surface area (Å²) in [7, 11) is 0. The molecule has 0 saturated carbocycles. The molecule has 2 nitrogen and oxygen atoms in total. The van der Waals surface area contributed by atoms with E-state index in [9.17, 15) is 0 Å². The molecule has 0 aromatic carbocycles. The van der Waals surface area contributed by atoms with Gasteiger partial charge in [0.2, 0.25) is 0 Å². The zero-order valence-electron chi connectivity index (χ0n) is 25.5. The molecular weight excluding hydrogens is 460 g/mol. The van der Waals surface area contributed by atoms with E-state index in [-0.39, 0.29) is 0 Å². The van der Waals surface area contributed by atoms with Gasteiger partial charge in [0.15, 0.2) is 0 Å². The molecule has 0 amide bonds. The molecule has 0 aromatic heterocycles. The normalized spacial score (nSPS) is 17.3. The fourth-order valence-corrected chi connectivity index (χ4v) is 6.25. The quantitative estimate of drug-likeness (QED) is 0.104. The maximum Gasteiger partial charge on any atom is 0.0621 e. The zero-order chi connectivity index (χ0) is 27.2. The summed E-state index contributed by atoms with van der Waals surface area (Å²) in [5, 5.41) is 17.3. The van der Waals surface area contributed by atoms with Crippen LogP contribution in [0.5, 0.6) is 0 Å². The Morgan fingerprint density at radius 1 is 0.342 bits per heavy atom. The number of hydrogen-bond donors (Lipinski definition) is 0. The van der Waals surface area contributed by atoms with Gasteiger partial charge in [-0.25, -0.2) is 0 Å². The highest BCUT2D eigenvalue weighted by Crippen LogP contribution is 2.29. The van der Waals surface area contributed by atoms with Crippen molar-refractivity contribution in [2.24, 2.45) is 0 Å². The van der Waals surface area contributed by atoms with Crippen molar-refractivity contribution in [2.45, 2.75) is 205 Å². The van der Waals surface area contributed by atoms with E-state index in [1.807, 2.05) is 11.1 Å². The van der Waals surface area contributed by atoms with Crippen molar-refractivity contribution in [2.75, 3.05) is 0 Å². The number of rotatable bonds is 22. The van der Waals surface area contributed by atoms with Gasteiger partial charge in [0, 0.05) is 12.8 Å². The second-order valence-corrected chi connectivity index (χ2v) is 12.2. The van der Waals surface area contributed by atoms with Crippen LogP contribution in [0.3, 0.4) is 0 Å². The van der Waals surface area contributed by atoms with Gasteiger partial charge in [-0.05, 0) is 64.2 Å². The minimum atomic E-state index is 0.740. The standard InChI is InChI=1S/C36H64N2/c37-33-27-21-15-9-3-1-5-11-17-23-29-35-31-25-19-13-7-8-14-20-26-32-36(35)30-24-18-12-6-2-4-10-16-22-28-34-38/h1-32H2/b36-35-. The second kappa shape index (κ2) is 28.7.